The number of benzene rings is 3. The number of fused-ring (bicyclic) bond motifs is 2. The molecule has 2 N–H and O–H groups in total. The minimum atomic E-state index is -1.44. The highest BCUT2D eigenvalue weighted by Crippen LogP contribution is 2.33. The number of nitrogens with one attached hydrogen (secondary N) is 1. The fourth-order valence-electron chi connectivity index (χ4n) is 5.59. The lowest BCUT2D eigenvalue weighted by molar-refractivity contribution is -0.139. The van der Waals surface area contributed by atoms with Crippen LogP contribution in [-0.4, -0.2) is 64.2 Å². The predicted octanol–water partition coefficient (Wildman–Crippen LogP) is 4.99. The van der Waals surface area contributed by atoms with Gasteiger partial charge < -0.3 is 15.2 Å². The molecule has 1 amide bonds. The zero-order chi connectivity index (χ0) is 29.9. The average molecular weight is 583 g/mol. The molecule has 43 heavy (non-hydrogen) atoms. The third-order valence-electron chi connectivity index (χ3n) is 7.70. The lowest BCUT2D eigenvalue weighted by Gasteiger charge is -2.26. The molecular weight excluding hydrogens is 554 g/mol. The number of carbonyl (C=O) groups is 2. The van der Waals surface area contributed by atoms with Crippen LogP contribution in [0.25, 0.3) is 32.8 Å². The maximum absolute atomic E-state index is 15.0. The quantitative estimate of drug-likeness (QED) is 0.266. The highest BCUT2D eigenvalue weighted by atomic mass is 19.1. The number of rotatable bonds is 8. The van der Waals surface area contributed by atoms with Crippen LogP contribution in [0.1, 0.15) is 21.5 Å². The van der Waals surface area contributed by atoms with Crippen molar-refractivity contribution in [1.82, 2.24) is 20.2 Å². The number of ether oxygens (including phenoxy) is 1. The summed E-state index contributed by atoms with van der Waals surface area (Å²) in [4.78, 5) is 36.2. The number of nitrogens with zero attached hydrogens (tertiary/aromatic N) is 3. The summed E-state index contributed by atoms with van der Waals surface area (Å²) in [6, 6.07) is 15.8. The van der Waals surface area contributed by atoms with Gasteiger partial charge in [0.05, 0.1) is 18.9 Å². The van der Waals surface area contributed by atoms with Gasteiger partial charge in [-0.15, -0.1) is 0 Å². The van der Waals surface area contributed by atoms with Crippen molar-refractivity contribution in [2.45, 2.75) is 19.0 Å². The molecule has 0 aliphatic carbocycles. The van der Waals surface area contributed by atoms with Gasteiger partial charge in [0.15, 0.2) is 0 Å². The van der Waals surface area contributed by atoms with Crippen molar-refractivity contribution < 1.29 is 28.2 Å². The minimum Gasteiger partial charge on any atom is -0.480 e. The molecule has 2 aromatic heterocycles. The molecule has 10 heteroatoms. The number of pyridine rings is 2. The lowest BCUT2D eigenvalue weighted by atomic mass is 9.95. The Morgan fingerprint density at radius 3 is 2.49 bits per heavy atom. The Labute approximate surface area is 245 Å². The highest BCUT2D eigenvalue weighted by Gasteiger charge is 2.27. The summed E-state index contributed by atoms with van der Waals surface area (Å²) in [5.74, 6) is -4.55. The maximum Gasteiger partial charge on any atom is 0.326 e. The maximum atomic E-state index is 15.0. The number of morpholine rings is 1. The van der Waals surface area contributed by atoms with E-state index in [4.69, 9.17) is 4.74 Å². The second-order valence-electron chi connectivity index (χ2n) is 10.5. The van der Waals surface area contributed by atoms with Gasteiger partial charge in [-0.1, -0.05) is 36.4 Å². The third-order valence-corrected chi connectivity index (χ3v) is 7.70. The van der Waals surface area contributed by atoms with Gasteiger partial charge in [0.2, 0.25) is 0 Å². The molecule has 1 atom stereocenters. The van der Waals surface area contributed by atoms with E-state index in [-0.39, 0.29) is 6.42 Å². The number of halogens is 2. The summed E-state index contributed by atoms with van der Waals surface area (Å²) in [7, 11) is 0. The van der Waals surface area contributed by atoms with E-state index in [0.717, 1.165) is 39.2 Å². The SMILES string of the molecule is O=C(N[C@@H](Cc1cccc2c(-c3cccc4ccncc34)nccc12)C(=O)O)c1c(F)cc(CN2CCOCC2)cc1F. The van der Waals surface area contributed by atoms with Crippen LogP contribution in [-0.2, 0) is 22.5 Å². The monoisotopic (exact) mass is 582 g/mol. The molecule has 1 saturated heterocycles. The van der Waals surface area contributed by atoms with E-state index < -0.39 is 35.1 Å². The predicted molar refractivity (Wildman–Crippen MR) is 158 cm³/mol. The first kappa shape index (κ1) is 28.3. The van der Waals surface area contributed by atoms with Crippen LogP contribution in [0, 0.1) is 11.6 Å². The molecule has 0 unspecified atom stereocenters. The van der Waals surface area contributed by atoms with Crippen LogP contribution in [0.3, 0.4) is 0 Å². The van der Waals surface area contributed by atoms with E-state index >= 15 is 8.78 Å². The molecule has 3 heterocycles. The Balaban J connectivity index is 1.27. The summed E-state index contributed by atoms with van der Waals surface area (Å²) < 4.78 is 35.3. The summed E-state index contributed by atoms with van der Waals surface area (Å²) in [6.45, 7) is 2.66. The van der Waals surface area contributed by atoms with E-state index in [9.17, 15) is 14.7 Å². The largest absolute Gasteiger partial charge is 0.480 e. The summed E-state index contributed by atoms with van der Waals surface area (Å²) in [5, 5.41) is 15.8. The highest BCUT2D eigenvalue weighted by molar-refractivity contribution is 6.04. The Morgan fingerprint density at radius 1 is 0.953 bits per heavy atom. The van der Waals surface area contributed by atoms with E-state index in [2.05, 4.69) is 15.3 Å². The average Bonchev–Trinajstić information content (AvgIpc) is 3.00. The van der Waals surface area contributed by atoms with Gasteiger partial charge >= 0.3 is 5.97 Å². The molecule has 1 aliphatic heterocycles. The molecule has 0 bridgehead atoms. The van der Waals surface area contributed by atoms with Crippen LogP contribution in [0.5, 0.6) is 0 Å². The molecule has 218 valence electrons. The summed E-state index contributed by atoms with van der Waals surface area (Å²) >= 11 is 0. The third kappa shape index (κ3) is 5.93. The normalized spacial score (nSPS) is 14.6. The van der Waals surface area contributed by atoms with E-state index in [1.54, 1.807) is 36.8 Å². The fourth-order valence-corrected chi connectivity index (χ4v) is 5.59. The van der Waals surface area contributed by atoms with E-state index in [0.29, 0.717) is 49.7 Å². The number of hydrogen-bond acceptors (Lipinski definition) is 6. The number of hydrogen-bond donors (Lipinski definition) is 2. The Hall–Kier alpha value is -4.80. The first-order valence-electron chi connectivity index (χ1n) is 13.9. The number of amides is 1. The zero-order valence-electron chi connectivity index (χ0n) is 23.1. The standard InChI is InChI=1S/C33H28F2N4O4/c34-27-15-20(19-39-11-13-43-14-12-39)16-28(35)30(27)32(40)38-29(33(41)42)17-22-4-2-5-24-23(22)8-10-37-31(24)25-6-1-3-21-7-9-36-18-26(21)25/h1-10,15-16,18,29H,11-14,17,19H2,(H,38,40)(H,41,42)/t29-/m0/s1. The van der Waals surface area contributed by atoms with Crippen molar-refractivity contribution in [2.75, 3.05) is 26.3 Å². The van der Waals surface area contributed by atoms with Crippen molar-refractivity contribution in [1.29, 1.82) is 0 Å². The number of carbonyl (C=O) groups excluding carboxylic acids is 1. The van der Waals surface area contributed by atoms with E-state index in [1.165, 1.54) is 0 Å². The summed E-state index contributed by atoms with van der Waals surface area (Å²) in [6.07, 6.45) is 5.03. The van der Waals surface area contributed by atoms with Crippen LogP contribution in [0.4, 0.5) is 8.78 Å². The molecule has 1 aliphatic rings. The smallest absolute Gasteiger partial charge is 0.326 e. The summed E-state index contributed by atoms with van der Waals surface area (Å²) in [5.41, 5.74) is 1.78. The molecule has 5 aromatic rings. The van der Waals surface area contributed by atoms with Crippen molar-refractivity contribution >= 4 is 33.4 Å². The molecule has 0 spiro atoms. The van der Waals surface area contributed by atoms with Crippen LogP contribution in [0.2, 0.25) is 0 Å². The molecular formula is C33H28F2N4O4. The van der Waals surface area contributed by atoms with E-state index in [1.807, 2.05) is 35.2 Å². The molecule has 8 nitrogen and oxygen atoms in total. The van der Waals surface area contributed by atoms with Crippen molar-refractivity contribution in [2.24, 2.45) is 0 Å². The minimum absolute atomic E-state index is 0.114. The van der Waals surface area contributed by atoms with Gasteiger partial charge in [-0.05, 0) is 46.2 Å². The van der Waals surface area contributed by atoms with Gasteiger partial charge in [-0.2, -0.15) is 0 Å². The van der Waals surface area contributed by atoms with Crippen molar-refractivity contribution in [3.63, 3.8) is 0 Å². The Morgan fingerprint density at radius 2 is 1.72 bits per heavy atom. The lowest BCUT2D eigenvalue weighted by Crippen LogP contribution is -2.43. The molecule has 6 rings (SSSR count). The number of aliphatic carboxylic acids is 1. The molecule has 0 saturated carbocycles. The molecule has 1 fully saturated rings. The van der Waals surface area contributed by atoms with Crippen molar-refractivity contribution in [3.8, 4) is 11.3 Å². The number of carboxylic acid groups (broad SMARTS) is 1. The van der Waals surface area contributed by atoms with Crippen molar-refractivity contribution in [3.05, 3.63) is 108 Å². The first-order chi connectivity index (χ1) is 20.9. The van der Waals surface area contributed by atoms with Gasteiger partial charge in [0.1, 0.15) is 23.2 Å². The van der Waals surface area contributed by atoms with Gasteiger partial charge in [-0.3, -0.25) is 19.7 Å². The zero-order valence-corrected chi connectivity index (χ0v) is 23.1. The van der Waals surface area contributed by atoms with Crippen LogP contribution < -0.4 is 5.32 Å². The second kappa shape index (κ2) is 12.2. The number of aromatic nitrogens is 2. The van der Waals surface area contributed by atoms with Crippen LogP contribution >= 0.6 is 0 Å². The second-order valence-corrected chi connectivity index (χ2v) is 10.5. The molecule has 0 radical (unpaired) electrons. The van der Waals surface area contributed by atoms with Gasteiger partial charge in [-0.25, -0.2) is 13.6 Å². The Bertz CT molecular complexity index is 1810. The fraction of sp³-hybridized carbons (Fsp3) is 0.212. The van der Waals surface area contributed by atoms with Gasteiger partial charge in [0, 0.05) is 61.0 Å². The first-order valence-corrected chi connectivity index (χ1v) is 13.9. The topological polar surface area (TPSA) is 105 Å². The Kier molecular flexibility index (Phi) is 8.04. The molecule has 3 aromatic carbocycles. The number of carboxylic acids is 1. The van der Waals surface area contributed by atoms with Crippen LogP contribution in [0.15, 0.2) is 79.3 Å². The van der Waals surface area contributed by atoms with Gasteiger partial charge in [0.25, 0.3) is 5.91 Å².